The molecule has 116 valence electrons. The first-order valence-electron chi connectivity index (χ1n) is 6.62. The molecule has 0 aliphatic carbocycles. The molecule has 0 aromatic heterocycles. The SMILES string of the molecule is COc1cc(C(=O)N(C)C(C)C(=O)O)ccc1OC(C)C. The number of hydrogen-bond donors (Lipinski definition) is 1. The van der Waals surface area contributed by atoms with Crippen molar-refractivity contribution in [2.75, 3.05) is 14.2 Å². The molecular weight excluding hydrogens is 274 g/mol. The molecule has 1 amide bonds. The highest BCUT2D eigenvalue weighted by Crippen LogP contribution is 2.29. The van der Waals surface area contributed by atoms with Crippen molar-refractivity contribution in [2.24, 2.45) is 0 Å². The Morgan fingerprint density at radius 1 is 1.19 bits per heavy atom. The molecule has 0 heterocycles. The van der Waals surface area contributed by atoms with E-state index in [1.165, 1.54) is 26.0 Å². The van der Waals surface area contributed by atoms with Gasteiger partial charge in [0.2, 0.25) is 0 Å². The Balaban J connectivity index is 3.03. The van der Waals surface area contributed by atoms with Crippen molar-refractivity contribution in [3.05, 3.63) is 23.8 Å². The van der Waals surface area contributed by atoms with Crippen LogP contribution in [0.25, 0.3) is 0 Å². The molecule has 6 heteroatoms. The van der Waals surface area contributed by atoms with E-state index in [0.29, 0.717) is 17.1 Å². The molecule has 0 saturated carbocycles. The molecule has 0 spiro atoms. The summed E-state index contributed by atoms with van der Waals surface area (Å²) < 4.78 is 10.8. The number of carbonyl (C=O) groups is 2. The molecule has 0 saturated heterocycles. The van der Waals surface area contributed by atoms with E-state index in [9.17, 15) is 9.59 Å². The number of hydrogen-bond acceptors (Lipinski definition) is 4. The van der Waals surface area contributed by atoms with Gasteiger partial charge in [-0.05, 0) is 39.0 Å². The third kappa shape index (κ3) is 4.11. The van der Waals surface area contributed by atoms with Crippen molar-refractivity contribution in [2.45, 2.75) is 32.9 Å². The lowest BCUT2D eigenvalue weighted by Gasteiger charge is -2.22. The predicted molar refractivity (Wildman–Crippen MR) is 77.9 cm³/mol. The Morgan fingerprint density at radius 2 is 1.81 bits per heavy atom. The van der Waals surface area contributed by atoms with E-state index in [2.05, 4.69) is 0 Å². The van der Waals surface area contributed by atoms with E-state index < -0.39 is 12.0 Å². The van der Waals surface area contributed by atoms with Gasteiger partial charge < -0.3 is 19.5 Å². The summed E-state index contributed by atoms with van der Waals surface area (Å²) >= 11 is 0. The Bertz CT molecular complexity index is 527. The van der Waals surface area contributed by atoms with Crippen LogP contribution in [0.2, 0.25) is 0 Å². The summed E-state index contributed by atoms with van der Waals surface area (Å²) in [6, 6.07) is 3.87. The Labute approximate surface area is 124 Å². The quantitative estimate of drug-likeness (QED) is 0.869. The van der Waals surface area contributed by atoms with E-state index in [1.807, 2.05) is 13.8 Å². The molecule has 0 aliphatic heterocycles. The smallest absolute Gasteiger partial charge is 0.326 e. The van der Waals surface area contributed by atoms with Crippen LogP contribution < -0.4 is 9.47 Å². The summed E-state index contributed by atoms with van der Waals surface area (Å²) in [6.07, 6.45) is -0.0184. The minimum absolute atomic E-state index is 0.0184. The van der Waals surface area contributed by atoms with Crippen molar-refractivity contribution < 1.29 is 24.2 Å². The number of rotatable bonds is 6. The van der Waals surface area contributed by atoms with Crippen LogP contribution >= 0.6 is 0 Å². The third-order valence-electron chi connectivity index (χ3n) is 3.03. The summed E-state index contributed by atoms with van der Waals surface area (Å²) in [6.45, 7) is 5.23. The zero-order chi connectivity index (χ0) is 16.2. The molecule has 6 nitrogen and oxygen atoms in total. The van der Waals surface area contributed by atoms with Crippen LogP contribution in [0, 0.1) is 0 Å². The lowest BCUT2D eigenvalue weighted by Crippen LogP contribution is -2.40. The Morgan fingerprint density at radius 3 is 2.29 bits per heavy atom. The fourth-order valence-electron chi connectivity index (χ4n) is 1.70. The van der Waals surface area contributed by atoms with Gasteiger partial charge in [-0.15, -0.1) is 0 Å². The largest absolute Gasteiger partial charge is 0.493 e. The number of carbonyl (C=O) groups excluding carboxylic acids is 1. The van der Waals surface area contributed by atoms with Gasteiger partial charge in [-0.25, -0.2) is 4.79 Å². The lowest BCUT2D eigenvalue weighted by atomic mass is 10.1. The average molecular weight is 295 g/mol. The minimum Gasteiger partial charge on any atom is -0.493 e. The zero-order valence-corrected chi connectivity index (χ0v) is 12.9. The normalized spacial score (nSPS) is 11.9. The Hall–Kier alpha value is -2.24. The number of aliphatic carboxylic acids is 1. The second-order valence-electron chi connectivity index (χ2n) is 4.96. The molecule has 0 radical (unpaired) electrons. The maximum Gasteiger partial charge on any atom is 0.326 e. The van der Waals surface area contributed by atoms with Gasteiger partial charge in [0.25, 0.3) is 5.91 Å². The van der Waals surface area contributed by atoms with Gasteiger partial charge in [-0.1, -0.05) is 0 Å². The Kier molecular flexibility index (Phi) is 5.58. The van der Waals surface area contributed by atoms with Gasteiger partial charge in [0, 0.05) is 12.6 Å². The van der Waals surface area contributed by atoms with E-state index in [1.54, 1.807) is 18.2 Å². The van der Waals surface area contributed by atoms with Crippen molar-refractivity contribution in [3.8, 4) is 11.5 Å². The first kappa shape index (κ1) is 16.8. The van der Waals surface area contributed by atoms with Crippen LogP contribution in [-0.2, 0) is 4.79 Å². The van der Waals surface area contributed by atoms with Gasteiger partial charge in [-0.3, -0.25) is 4.79 Å². The minimum atomic E-state index is -1.06. The van der Waals surface area contributed by atoms with Crippen molar-refractivity contribution in [3.63, 3.8) is 0 Å². The molecule has 1 unspecified atom stereocenters. The number of methoxy groups -OCH3 is 1. The summed E-state index contributed by atoms with van der Waals surface area (Å²) in [5.41, 5.74) is 0.346. The summed E-state index contributed by atoms with van der Waals surface area (Å²) in [7, 11) is 2.94. The number of carboxylic acid groups (broad SMARTS) is 1. The standard InChI is InChI=1S/C15H21NO5/c1-9(2)21-12-7-6-11(8-13(12)20-5)14(17)16(4)10(3)15(18)19/h6-10H,1-5H3,(H,18,19). The number of nitrogens with zero attached hydrogens (tertiary/aromatic N) is 1. The highest BCUT2D eigenvalue weighted by Gasteiger charge is 2.23. The molecule has 21 heavy (non-hydrogen) atoms. The topological polar surface area (TPSA) is 76.1 Å². The average Bonchev–Trinajstić information content (AvgIpc) is 2.44. The van der Waals surface area contributed by atoms with Gasteiger partial charge in [0.1, 0.15) is 6.04 Å². The van der Waals surface area contributed by atoms with E-state index in [-0.39, 0.29) is 12.0 Å². The van der Waals surface area contributed by atoms with Gasteiger partial charge in [0.15, 0.2) is 11.5 Å². The zero-order valence-electron chi connectivity index (χ0n) is 12.9. The van der Waals surface area contributed by atoms with Crippen molar-refractivity contribution in [1.29, 1.82) is 0 Å². The fraction of sp³-hybridized carbons (Fsp3) is 0.467. The van der Waals surface area contributed by atoms with Crippen LogP contribution in [-0.4, -0.2) is 48.2 Å². The summed E-state index contributed by atoms with van der Waals surface area (Å²) in [4.78, 5) is 24.4. The highest BCUT2D eigenvalue weighted by molar-refractivity contribution is 5.96. The van der Waals surface area contributed by atoms with E-state index >= 15 is 0 Å². The molecule has 1 rings (SSSR count). The molecular formula is C15H21NO5. The molecule has 1 aromatic carbocycles. The molecule has 1 atom stereocenters. The highest BCUT2D eigenvalue weighted by atomic mass is 16.5. The number of benzene rings is 1. The van der Waals surface area contributed by atoms with Gasteiger partial charge in [0.05, 0.1) is 13.2 Å². The second-order valence-corrected chi connectivity index (χ2v) is 4.96. The first-order valence-corrected chi connectivity index (χ1v) is 6.62. The molecule has 0 bridgehead atoms. The van der Waals surface area contributed by atoms with Gasteiger partial charge in [-0.2, -0.15) is 0 Å². The van der Waals surface area contributed by atoms with Crippen LogP contribution in [0.3, 0.4) is 0 Å². The number of carboxylic acids is 1. The van der Waals surface area contributed by atoms with Crippen LogP contribution in [0.5, 0.6) is 11.5 Å². The van der Waals surface area contributed by atoms with Crippen LogP contribution in [0.1, 0.15) is 31.1 Å². The number of ether oxygens (including phenoxy) is 2. The predicted octanol–water partition coefficient (Wildman–Crippen LogP) is 2.03. The number of amides is 1. The van der Waals surface area contributed by atoms with Gasteiger partial charge >= 0.3 is 5.97 Å². The fourth-order valence-corrected chi connectivity index (χ4v) is 1.70. The molecule has 1 aromatic rings. The van der Waals surface area contributed by atoms with E-state index in [0.717, 1.165) is 0 Å². The maximum atomic E-state index is 12.3. The summed E-state index contributed by atoms with van der Waals surface area (Å²) in [5, 5.41) is 8.95. The lowest BCUT2D eigenvalue weighted by molar-refractivity contribution is -0.141. The molecule has 1 N–H and O–H groups in total. The van der Waals surface area contributed by atoms with Crippen LogP contribution in [0.4, 0.5) is 0 Å². The molecule has 0 aliphatic rings. The van der Waals surface area contributed by atoms with Crippen molar-refractivity contribution in [1.82, 2.24) is 4.90 Å². The summed E-state index contributed by atoms with van der Waals surface area (Å²) in [5.74, 6) is -0.471. The van der Waals surface area contributed by atoms with Crippen LogP contribution in [0.15, 0.2) is 18.2 Å². The van der Waals surface area contributed by atoms with Crippen molar-refractivity contribution >= 4 is 11.9 Å². The molecule has 0 fully saturated rings. The van der Waals surface area contributed by atoms with E-state index in [4.69, 9.17) is 14.6 Å². The maximum absolute atomic E-state index is 12.3. The number of likely N-dealkylation sites (N-methyl/N-ethyl adjacent to an activating group) is 1. The third-order valence-corrected chi connectivity index (χ3v) is 3.03. The monoisotopic (exact) mass is 295 g/mol. The second kappa shape index (κ2) is 6.97. The first-order chi connectivity index (χ1) is 9.77.